The van der Waals surface area contributed by atoms with Gasteiger partial charge >= 0.3 is 0 Å². The van der Waals surface area contributed by atoms with Crippen molar-refractivity contribution in [1.82, 2.24) is 0 Å². The van der Waals surface area contributed by atoms with Gasteiger partial charge in [-0.05, 0) is 23.9 Å². The van der Waals surface area contributed by atoms with Crippen LogP contribution in [-0.2, 0) is 0 Å². The number of hydrogen-bond acceptors (Lipinski definition) is 2. The van der Waals surface area contributed by atoms with Gasteiger partial charge in [0.2, 0.25) is 0 Å². The van der Waals surface area contributed by atoms with Gasteiger partial charge in [0, 0.05) is 10.9 Å². The number of halogens is 1. The first kappa shape index (κ1) is 9.62. The second kappa shape index (κ2) is 3.67. The molecule has 0 saturated carbocycles. The minimum absolute atomic E-state index is 0.0341. The Morgan fingerprint density at radius 1 is 1.50 bits per heavy atom. The summed E-state index contributed by atoms with van der Waals surface area (Å²) < 4.78 is 14.1. The van der Waals surface area contributed by atoms with Gasteiger partial charge in [0.05, 0.1) is 4.70 Å². The van der Waals surface area contributed by atoms with Crippen molar-refractivity contribution in [1.29, 1.82) is 0 Å². The van der Waals surface area contributed by atoms with Crippen molar-refractivity contribution in [2.24, 2.45) is 5.73 Å². The molecule has 74 valence electrons. The molecule has 0 aliphatic carbocycles. The summed E-state index contributed by atoms with van der Waals surface area (Å²) in [7, 11) is 0. The van der Waals surface area contributed by atoms with E-state index in [1.54, 1.807) is 6.07 Å². The Labute approximate surface area is 86.4 Å². The highest BCUT2D eigenvalue weighted by Gasteiger charge is 2.10. The molecule has 1 aromatic carbocycles. The van der Waals surface area contributed by atoms with Crippen molar-refractivity contribution in [3.63, 3.8) is 0 Å². The first-order chi connectivity index (χ1) is 6.72. The van der Waals surface area contributed by atoms with Gasteiger partial charge in [-0.3, -0.25) is 0 Å². The van der Waals surface area contributed by atoms with Crippen molar-refractivity contribution in [3.8, 4) is 0 Å². The average molecular weight is 209 g/mol. The molecule has 0 aliphatic heterocycles. The summed E-state index contributed by atoms with van der Waals surface area (Å²) in [4.78, 5) is 1.06. The molecule has 14 heavy (non-hydrogen) atoms. The molecule has 0 unspecified atom stereocenters. The Bertz CT molecular complexity index is 449. The van der Waals surface area contributed by atoms with E-state index in [1.165, 1.54) is 17.4 Å². The van der Waals surface area contributed by atoms with Crippen LogP contribution in [0.5, 0.6) is 0 Å². The Balaban J connectivity index is 2.56. The highest BCUT2D eigenvalue weighted by Crippen LogP contribution is 2.31. The lowest BCUT2D eigenvalue weighted by Crippen LogP contribution is -2.05. The Kier molecular flexibility index (Phi) is 2.52. The minimum atomic E-state index is -0.151. The maximum atomic E-state index is 13.3. The lowest BCUT2D eigenvalue weighted by atomic mass is 10.2. The Morgan fingerprint density at radius 2 is 2.29 bits per heavy atom. The predicted molar refractivity (Wildman–Crippen MR) is 59.0 cm³/mol. The molecule has 0 aliphatic rings. The number of rotatable bonds is 2. The number of thiophene rings is 1. The van der Waals surface area contributed by atoms with Gasteiger partial charge in [-0.15, -0.1) is 11.3 Å². The molecule has 2 rings (SSSR count). The second-order valence-corrected chi connectivity index (χ2v) is 4.41. The van der Waals surface area contributed by atoms with E-state index in [9.17, 15) is 4.39 Å². The van der Waals surface area contributed by atoms with Crippen molar-refractivity contribution in [3.05, 3.63) is 35.0 Å². The largest absolute Gasteiger partial charge is 0.323 e. The molecule has 0 amide bonds. The normalized spacial score (nSPS) is 13.4. The number of hydrogen-bond donors (Lipinski definition) is 1. The number of benzene rings is 1. The lowest BCUT2D eigenvalue weighted by Gasteiger charge is -2.03. The van der Waals surface area contributed by atoms with E-state index in [1.807, 2.05) is 19.1 Å². The molecule has 2 N–H and O–H groups in total. The fourth-order valence-corrected chi connectivity index (χ4v) is 2.58. The van der Waals surface area contributed by atoms with Crippen LogP contribution in [0.15, 0.2) is 24.3 Å². The fraction of sp³-hybridized carbons (Fsp3) is 0.273. The van der Waals surface area contributed by atoms with Crippen LogP contribution >= 0.6 is 11.3 Å². The summed E-state index contributed by atoms with van der Waals surface area (Å²) in [5, 5.41) is 0.953. The Hall–Kier alpha value is -0.930. The zero-order chi connectivity index (χ0) is 10.1. The summed E-state index contributed by atoms with van der Waals surface area (Å²) in [6, 6.07) is 7.15. The molecule has 2 aromatic rings. The quantitative estimate of drug-likeness (QED) is 0.805. The number of fused-ring (bicyclic) bond motifs is 1. The van der Waals surface area contributed by atoms with Gasteiger partial charge in [0.1, 0.15) is 5.82 Å². The van der Waals surface area contributed by atoms with Crippen molar-refractivity contribution in [2.75, 3.05) is 0 Å². The van der Waals surface area contributed by atoms with Crippen LogP contribution in [0.25, 0.3) is 10.1 Å². The smallest absolute Gasteiger partial charge is 0.140 e. The molecule has 3 heteroatoms. The fourth-order valence-electron chi connectivity index (χ4n) is 1.43. The van der Waals surface area contributed by atoms with Crippen molar-refractivity contribution >= 4 is 21.4 Å². The molecular weight excluding hydrogens is 197 g/mol. The maximum absolute atomic E-state index is 13.3. The van der Waals surface area contributed by atoms with Crippen LogP contribution in [0.4, 0.5) is 4.39 Å². The molecule has 1 atom stereocenters. The average Bonchev–Trinajstić information content (AvgIpc) is 2.62. The van der Waals surface area contributed by atoms with Crippen molar-refractivity contribution in [2.45, 2.75) is 19.4 Å². The second-order valence-electron chi connectivity index (χ2n) is 3.32. The van der Waals surface area contributed by atoms with Gasteiger partial charge in [0.25, 0.3) is 0 Å². The molecule has 0 radical (unpaired) electrons. The van der Waals surface area contributed by atoms with Crippen LogP contribution in [0, 0.1) is 5.82 Å². The van der Waals surface area contributed by atoms with Gasteiger partial charge in [0.15, 0.2) is 0 Å². The van der Waals surface area contributed by atoms with Crippen LogP contribution in [0.3, 0.4) is 0 Å². The zero-order valence-electron chi connectivity index (χ0n) is 7.96. The standard InChI is InChI=1S/C11H12FNS/c1-2-9(13)10-6-7-4-3-5-8(12)11(7)14-10/h3-6,9H,2,13H2,1H3/t9-/m0/s1. The monoisotopic (exact) mass is 209 g/mol. The molecule has 0 fully saturated rings. The highest BCUT2D eigenvalue weighted by atomic mass is 32.1. The molecule has 0 saturated heterocycles. The molecule has 1 nitrogen and oxygen atoms in total. The van der Waals surface area contributed by atoms with E-state index in [0.29, 0.717) is 4.70 Å². The molecule has 0 bridgehead atoms. The third-order valence-corrected chi connectivity index (χ3v) is 3.61. The molecular formula is C11H12FNS. The van der Waals surface area contributed by atoms with Gasteiger partial charge in [-0.25, -0.2) is 4.39 Å². The highest BCUT2D eigenvalue weighted by molar-refractivity contribution is 7.19. The van der Waals surface area contributed by atoms with E-state index in [-0.39, 0.29) is 11.9 Å². The van der Waals surface area contributed by atoms with Crippen molar-refractivity contribution < 1.29 is 4.39 Å². The van der Waals surface area contributed by atoms with E-state index in [0.717, 1.165) is 16.7 Å². The maximum Gasteiger partial charge on any atom is 0.140 e. The van der Waals surface area contributed by atoms with E-state index in [2.05, 4.69) is 0 Å². The van der Waals surface area contributed by atoms with Crippen LogP contribution in [-0.4, -0.2) is 0 Å². The summed E-state index contributed by atoms with van der Waals surface area (Å²) in [5.41, 5.74) is 5.90. The first-order valence-electron chi connectivity index (χ1n) is 4.66. The molecule has 0 spiro atoms. The summed E-state index contributed by atoms with van der Waals surface area (Å²) >= 11 is 1.46. The third kappa shape index (κ3) is 1.53. The summed E-state index contributed by atoms with van der Waals surface area (Å²) in [6.07, 6.45) is 0.883. The third-order valence-electron chi connectivity index (χ3n) is 2.32. The summed E-state index contributed by atoms with van der Waals surface area (Å²) in [6.45, 7) is 2.03. The van der Waals surface area contributed by atoms with Gasteiger partial charge in [-0.1, -0.05) is 19.1 Å². The molecule has 1 heterocycles. The predicted octanol–water partition coefficient (Wildman–Crippen LogP) is 3.45. The zero-order valence-corrected chi connectivity index (χ0v) is 8.77. The topological polar surface area (TPSA) is 26.0 Å². The van der Waals surface area contributed by atoms with E-state index < -0.39 is 0 Å². The summed E-state index contributed by atoms with van der Waals surface area (Å²) in [5.74, 6) is -0.151. The van der Waals surface area contributed by atoms with Crippen LogP contribution < -0.4 is 5.73 Å². The number of nitrogens with two attached hydrogens (primary N) is 1. The van der Waals surface area contributed by atoms with Gasteiger partial charge in [-0.2, -0.15) is 0 Å². The lowest BCUT2D eigenvalue weighted by molar-refractivity contribution is 0.642. The van der Waals surface area contributed by atoms with Crippen LogP contribution in [0.1, 0.15) is 24.3 Å². The first-order valence-corrected chi connectivity index (χ1v) is 5.47. The van der Waals surface area contributed by atoms with E-state index in [4.69, 9.17) is 5.73 Å². The Morgan fingerprint density at radius 3 is 2.93 bits per heavy atom. The minimum Gasteiger partial charge on any atom is -0.323 e. The SMILES string of the molecule is CC[C@H](N)c1cc2cccc(F)c2s1. The van der Waals surface area contributed by atoms with Gasteiger partial charge < -0.3 is 5.73 Å². The van der Waals surface area contributed by atoms with Crippen LogP contribution in [0.2, 0.25) is 0 Å². The van der Waals surface area contributed by atoms with E-state index >= 15 is 0 Å². The molecule has 1 aromatic heterocycles.